The Kier molecular flexibility index (Phi) is 4.52. The first-order valence-electron chi connectivity index (χ1n) is 11.6. The molecule has 2 heterocycles. The summed E-state index contributed by atoms with van der Waals surface area (Å²) in [7, 11) is 0. The average molecular weight is 425 g/mol. The van der Waals surface area contributed by atoms with E-state index >= 15 is 0 Å². The molecule has 0 aromatic heterocycles. The number of epoxide rings is 2. The van der Waals surface area contributed by atoms with E-state index in [1.165, 1.54) is 0 Å². The van der Waals surface area contributed by atoms with Gasteiger partial charge in [-0.25, -0.2) is 4.79 Å². The summed E-state index contributed by atoms with van der Waals surface area (Å²) in [5.41, 5.74) is -2.55. The zero-order chi connectivity index (χ0) is 21.7. The summed E-state index contributed by atoms with van der Waals surface area (Å²) < 4.78 is 17.8. The maximum absolute atomic E-state index is 12.8. The van der Waals surface area contributed by atoms with Gasteiger partial charge in [-0.3, -0.25) is 0 Å². The van der Waals surface area contributed by atoms with Gasteiger partial charge < -0.3 is 29.5 Å². The Bertz CT molecular complexity index is 733. The fourth-order valence-corrected chi connectivity index (χ4v) is 7.65. The summed E-state index contributed by atoms with van der Waals surface area (Å²) >= 11 is 0. The molecule has 7 heteroatoms. The van der Waals surface area contributed by atoms with Crippen molar-refractivity contribution in [2.24, 2.45) is 22.7 Å². The van der Waals surface area contributed by atoms with Crippen LogP contribution < -0.4 is 0 Å². The van der Waals surface area contributed by atoms with Gasteiger partial charge in [-0.15, -0.1) is 0 Å². The predicted octanol–water partition coefficient (Wildman–Crippen LogP) is 1.55. The summed E-state index contributed by atoms with van der Waals surface area (Å²) in [4.78, 5) is 12.8. The number of hydrogen-bond acceptors (Lipinski definition) is 7. The van der Waals surface area contributed by atoms with E-state index in [-0.39, 0.29) is 17.3 Å². The van der Waals surface area contributed by atoms with Crippen molar-refractivity contribution in [3.8, 4) is 0 Å². The summed E-state index contributed by atoms with van der Waals surface area (Å²) in [5, 5.41) is 32.5. The molecule has 7 nitrogen and oxygen atoms in total. The van der Waals surface area contributed by atoms with Gasteiger partial charge in [0.25, 0.3) is 0 Å². The van der Waals surface area contributed by atoms with Crippen molar-refractivity contribution in [3.05, 3.63) is 0 Å². The molecule has 3 aliphatic carbocycles. The van der Waals surface area contributed by atoms with Gasteiger partial charge in [0.05, 0.1) is 12.7 Å². The lowest BCUT2D eigenvalue weighted by atomic mass is 9.64. The molecule has 0 aromatic carbocycles. The molecule has 0 radical (unpaired) electrons. The highest BCUT2D eigenvalue weighted by molar-refractivity contribution is 5.74. The number of fused-ring (bicyclic) bond motifs is 3. The Morgan fingerprint density at radius 2 is 1.87 bits per heavy atom. The van der Waals surface area contributed by atoms with E-state index in [2.05, 4.69) is 20.8 Å². The minimum Gasteiger partial charge on any atom is -0.460 e. The molecule has 0 amide bonds. The Hall–Kier alpha value is -0.730. The van der Waals surface area contributed by atoms with Gasteiger partial charge in [0, 0.05) is 16.7 Å². The molecule has 2 aliphatic heterocycles. The van der Waals surface area contributed by atoms with Gasteiger partial charge in [0.2, 0.25) is 0 Å². The van der Waals surface area contributed by atoms with Crippen LogP contribution in [0, 0.1) is 22.7 Å². The van der Waals surface area contributed by atoms with Gasteiger partial charge >= 0.3 is 5.97 Å². The second-order valence-corrected chi connectivity index (χ2v) is 11.2. The summed E-state index contributed by atoms with van der Waals surface area (Å²) in [6.45, 7) is 8.70. The molecule has 3 N–H and O–H groups in total. The smallest absolute Gasteiger partial charge is 0.335 e. The minimum atomic E-state index is -1.13. The molecule has 2 saturated heterocycles. The maximum atomic E-state index is 12.8. The first-order chi connectivity index (χ1) is 14.1. The highest BCUT2D eigenvalue weighted by Gasteiger charge is 2.97. The molecule has 9 unspecified atom stereocenters. The summed E-state index contributed by atoms with van der Waals surface area (Å²) in [6.07, 6.45) is 1.54. The molecule has 0 aromatic rings. The van der Waals surface area contributed by atoms with E-state index in [0.717, 1.165) is 25.7 Å². The Morgan fingerprint density at radius 1 is 1.17 bits per heavy atom. The second kappa shape index (κ2) is 6.41. The van der Waals surface area contributed by atoms with E-state index in [9.17, 15) is 20.1 Å². The molecule has 30 heavy (non-hydrogen) atoms. The SMILES string of the molecule is CCCCCCC(O)C(=O)OC1C2C(CC1(C)C)C(O)C13OC1C(O)C1(CO1)[C@@]23C. The Labute approximate surface area is 178 Å². The highest BCUT2D eigenvalue weighted by atomic mass is 16.7. The van der Waals surface area contributed by atoms with Crippen LogP contribution in [-0.2, 0) is 19.0 Å². The first kappa shape index (κ1) is 21.1. The van der Waals surface area contributed by atoms with Crippen LogP contribution >= 0.6 is 0 Å². The van der Waals surface area contributed by atoms with E-state index in [0.29, 0.717) is 19.4 Å². The molecule has 5 rings (SSSR count). The molecular weight excluding hydrogens is 388 g/mol. The number of hydrogen-bond donors (Lipinski definition) is 3. The average Bonchev–Trinajstić information content (AvgIpc) is 3.58. The Balaban J connectivity index is 1.39. The number of carbonyl (C=O) groups is 1. The van der Waals surface area contributed by atoms with E-state index < -0.39 is 53.1 Å². The van der Waals surface area contributed by atoms with Crippen LogP contribution in [0.3, 0.4) is 0 Å². The lowest BCUT2D eigenvalue weighted by Crippen LogP contribution is -2.54. The van der Waals surface area contributed by atoms with Gasteiger partial charge in [-0.1, -0.05) is 53.4 Å². The molecule has 170 valence electrons. The van der Waals surface area contributed by atoms with Crippen LogP contribution in [-0.4, -0.2) is 69.6 Å². The van der Waals surface area contributed by atoms with Crippen LogP contribution in [0.1, 0.15) is 66.2 Å². The van der Waals surface area contributed by atoms with Gasteiger partial charge in [0.15, 0.2) is 6.10 Å². The third-order valence-electron chi connectivity index (χ3n) is 9.28. The number of aliphatic hydroxyl groups excluding tert-OH is 3. The van der Waals surface area contributed by atoms with Crippen LogP contribution in [0.25, 0.3) is 0 Å². The minimum absolute atomic E-state index is 0.0944. The van der Waals surface area contributed by atoms with Gasteiger partial charge in [-0.2, -0.15) is 0 Å². The van der Waals surface area contributed by atoms with Crippen LogP contribution in [0.4, 0.5) is 0 Å². The monoisotopic (exact) mass is 424 g/mol. The Morgan fingerprint density at radius 3 is 2.50 bits per heavy atom. The van der Waals surface area contributed by atoms with E-state index in [1.807, 2.05) is 6.92 Å². The van der Waals surface area contributed by atoms with E-state index in [1.54, 1.807) is 0 Å². The van der Waals surface area contributed by atoms with E-state index in [4.69, 9.17) is 14.2 Å². The largest absolute Gasteiger partial charge is 0.460 e. The number of aliphatic hydroxyl groups is 3. The highest BCUT2D eigenvalue weighted by Crippen LogP contribution is 2.82. The predicted molar refractivity (Wildman–Crippen MR) is 106 cm³/mol. The van der Waals surface area contributed by atoms with Gasteiger partial charge in [0.1, 0.15) is 29.5 Å². The lowest BCUT2D eigenvalue weighted by molar-refractivity contribution is -0.174. The maximum Gasteiger partial charge on any atom is 0.335 e. The summed E-state index contributed by atoms with van der Waals surface area (Å²) in [6, 6.07) is 0. The zero-order valence-corrected chi connectivity index (χ0v) is 18.5. The number of carbonyl (C=O) groups excluding carboxylic acids is 1. The molecule has 5 fully saturated rings. The third-order valence-corrected chi connectivity index (χ3v) is 9.28. The summed E-state index contributed by atoms with van der Waals surface area (Å²) in [5.74, 6) is -0.867. The van der Waals surface area contributed by atoms with Crippen molar-refractivity contribution in [2.45, 2.75) is 108 Å². The van der Waals surface area contributed by atoms with Crippen LogP contribution in [0.2, 0.25) is 0 Å². The normalized spacial score (nSPS) is 52.6. The number of esters is 1. The molecule has 10 atom stereocenters. The van der Waals surface area contributed by atoms with Crippen molar-refractivity contribution in [3.63, 3.8) is 0 Å². The molecule has 3 saturated carbocycles. The molecule has 0 bridgehead atoms. The third kappa shape index (κ3) is 2.31. The quantitative estimate of drug-likeness (QED) is 0.323. The van der Waals surface area contributed by atoms with Crippen molar-refractivity contribution in [2.75, 3.05) is 6.61 Å². The van der Waals surface area contributed by atoms with Crippen molar-refractivity contribution >= 4 is 5.97 Å². The molecule has 2 spiro atoms. The second-order valence-electron chi connectivity index (χ2n) is 11.2. The fourth-order valence-electron chi connectivity index (χ4n) is 7.65. The standard InChI is InChI=1S/C23H36O7/c1-5-6-7-8-9-13(24)19(27)29-17-14-12(10-20(17,2)3)15(25)23-18(30-23)16(26)22(11-28-22)21(14,23)4/h12-18,24-26H,5-11H2,1-4H3/t12?,13?,14?,15?,16?,17?,18?,21-,22?,23?/m1/s1. The molecule has 5 aliphatic rings. The fraction of sp³-hybridized carbons (Fsp3) is 0.957. The topological polar surface area (TPSA) is 112 Å². The lowest BCUT2D eigenvalue weighted by Gasteiger charge is -2.43. The van der Waals surface area contributed by atoms with Crippen LogP contribution in [0.5, 0.6) is 0 Å². The first-order valence-corrected chi connectivity index (χ1v) is 11.6. The van der Waals surface area contributed by atoms with Crippen molar-refractivity contribution in [1.29, 1.82) is 0 Å². The molecular formula is C23H36O7. The van der Waals surface area contributed by atoms with Gasteiger partial charge in [-0.05, 0) is 18.8 Å². The number of rotatable bonds is 7. The van der Waals surface area contributed by atoms with Crippen LogP contribution in [0.15, 0.2) is 0 Å². The van der Waals surface area contributed by atoms with Crippen molar-refractivity contribution in [1.82, 2.24) is 0 Å². The van der Waals surface area contributed by atoms with Crippen molar-refractivity contribution < 1.29 is 34.3 Å². The number of ether oxygens (including phenoxy) is 3. The zero-order valence-electron chi connectivity index (χ0n) is 18.5. The number of unbranched alkanes of at least 4 members (excludes halogenated alkanes) is 3.